The van der Waals surface area contributed by atoms with Crippen molar-refractivity contribution in [2.45, 2.75) is 25.0 Å². The highest BCUT2D eigenvalue weighted by molar-refractivity contribution is 5.44. The lowest BCUT2D eigenvalue weighted by molar-refractivity contribution is 0.134. The summed E-state index contributed by atoms with van der Waals surface area (Å²) in [5.74, 6) is 0.378. The summed E-state index contributed by atoms with van der Waals surface area (Å²) in [6.07, 6.45) is -1.50. The van der Waals surface area contributed by atoms with E-state index in [0.29, 0.717) is 5.57 Å². The molecule has 2 aliphatic rings. The van der Waals surface area contributed by atoms with Gasteiger partial charge in [-0.3, -0.25) is 0 Å². The van der Waals surface area contributed by atoms with Gasteiger partial charge < -0.3 is 15.3 Å². The molecular weight excluding hydrogens is 216 g/mol. The first-order valence-corrected chi connectivity index (χ1v) is 5.97. The first-order chi connectivity index (χ1) is 8.13. The standard InChI is InChI=1S/C14H16O3/c1-7(15)9-11-10(8-5-3-2-4-6-8)12(11)14(17)13(9)16/h2-7,10-12,14-17H,1H3. The van der Waals surface area contributed by atoms with Crippen LogP contribution in [0.1, 0.15) is 18.4 Å². The number of rotatable bonds is 2. The fraction of sp³-hybridized carbons (Fsp3) is 0.429. The van der Waals surface area contributed by atoms with Gasteiger partial charge in [0, 0.05) is 11.5 Å². The first kappa shape index (κ1) is 10.8. The second kappa shape index (κ2) is 3.59. The van der Waals surface area contributed by atoms with Gasteiger partial charge in [-0.1, -0.05) is 30.3 Å². The molecule has 0 aromatic heterocycles. The molecule has 0 heterocycles. The molecule has 3 rings (SSSR count). The van der Waals surface area contributed by atoms with Crippen LogP contribution in [0.4, 0.5) is 0 Å². The van der Waals surface area contributed by atoms with Crippen LogP contribution in [-0.2, 0) is 0 Å². The molecular formula is C14H16O3. The molecule has 90 valence electrons. The lowest BCUT2D eigenvalue weighted by atomic mass is 9.98. The number of aliphatic hydroxyl groups is 3. The molecule has 5 atom stereocenters. The molecule has 0 amide bonds. The summed E-state index contributed by atoms with van der Waals surface area (Å²) in [5, 5.41) is 29.4. The molecule has 1 aromatic rings. The van der Waals surface area contributed by atoms with Crippen molar-refractivity contribution in [3.8, 4) is 0 Å². The molecule has 0 spiro atoms. The fourth-order valence-corrected chi connectivity index (χ4v) is 3.25. The second-order valence-corrected chi connectivity index (χ2v) is 5.00. The van der Waals surface area contributed by atoms with Crippen molar-refractivity contribution in [3.05, 3.63) is 47.2 Å². The van der Waals surface area contributed by atoms with E-state index < -0.39 is 12.2 Å². The highest BCUT2D eigenvalue weighted by atomic mass is 16.3. The summed E-state index contributed by atoms with van der Waals surface area (Å²) >= 11 is 0. The average Bonchev–Trinajstić information content (AvgIpc) is 2.97. The molecule has 3 heteroatoms. The molecule has 0 radical (unpaired) electrons. The Bertz CT molecular complexity index is 464. The molecule has 3 nitrogen and oxygen atoms in total. The van der Waals surface area contributed by atoms with Gasteiger partial charge >= 0.3 is 0 Å². The quantitative estimate of drug-likeness (QED) is 0.725. The van der Waals surface area contributed by atoms with Crippen molar-refractivity contribution in [2.24, 2.45) is 11.8 Å². The third-order valence-electron chi connectivity index (χ3n) is 4.01. The van der Waals surface area contributed by atoms with Crippen LogP contribution in [0.15, 0.2) is 41.7 Å². The summed E-state index contributed by atoms with van der Waals surface area (Å²) in [6, 6.07) is 9.97. The largest absolute Gasteiger partial charge is 0.509 e. The van der Waals surface area contributed by atoms with E-state index in [0.717, 1.165) is 0 Å². The SMILES string of the molecule is CC(O)C1=C(O)C(O)C2C1C2c1ccccc1. The number of hydrogen-bond acceptors (Lipinski definition) is 3. The summed E-state index contributed by atoms with van der Waals surface area (Å²) in [5.41, 5.74) is 1.79. The molecule has 2 aliphatic carbocycles. The lowest BCUT2D eigenvalue weighted by Gasteiger charge is -2.14. The highest BCUT2D eigenvalue weighted by Gasteiger charge is 2.63. The average molecular weight is 232 g/mol. The summed E-state index contributed by atoms with van der Waals surface area (Å²) in [7, 11) is 0. The van der Waals surface area contributed by atoms with E-state index in [-0.39, 0.29) is 23.5 Å². The van der Waals surface area contributed by atoms with Crippen LogP contribution in [0.3, 0.4) is 0 Å². The topological polar surface area (TPSA) is 60.7 Å². The summed E-state index contributed by atoms with van der Waals surface area (Å²) in [4.78, 5) is 0. The van der Waals surface area contributed by atoms with Gasteiger partial charge in [-0.25, -0.2) is 0 Å². The van der Waals surface area contributed by atoms with Crippen molar-refractivity contribution in [1.82, 2.24) is 0 Å². The van der Waals surface area contributed by atoms with E-state index in [4.69, 9.17) is 0 Å². The van der Waals surface area contributed by atoms with Gasteiger partial charge in [0.05, 0.1) is 6.10 Å². The minimum absolute atomic E-state index is 0.0119. The molecule has 1 saturated carbocycles. The van der Waals surface area contributed by atoms with Crippen molar-refractivity contribution >= 4 is 0 Å². The fourth-order valence-electron chi connectivity index (χ4n) is 3.25. The molecule has 0 aliphatic heterocycles. The van der Waals surface area contributed by atoms with Gasteiger partial charge in [0.1, 0.15) is 11.9 Å². The normalized spacial score (nSPS) is 36.9. The number of benzene rings is 1. The van der Waals surface area contributed by atoms with Gasteiger partial charge in [-0.05, 0) is 24.3 Å². The Hall–Kier alpha value is -1.32. The van der Waals surface area contributed by atoms with E-state index in [1.807, 2.05) is 30.3 Å². The Kier molecular flexibility index (Phi) is 2.28. The zero-order valence-corrected chi connectivity index (χ0v) is 9.62. The molecule has 1 aromatic carbocycles. The first-order valence-electron chi connectivity index (χ1n) is 5.97. The van der Waals surface area contributed by atoms with Gasteiger partial charge in [0.2, 0.25) is 0 Å². The zero-order chi connectivity index (χ0) is 12.2. The van der Waals surface area contributed by atoms with E-state index in [1.54, 1.807) is 6.92 Å². The number of fused-ring (bicyclic) bond motifs is 1. The predicted molar refractivity (Wildman–Crippen MR) is 63.5 cm³/mol. The van der Waals surface area contributed by atoms with E-state index >= 15 is 0 Å². The maximum Gasteiger partial charge on any atom is 0.123 e. The monoisotopic (exact) mass is 232 g/mol. The Labute approximate surface area is 100 Å². The Balaban J connectivity index is 1.93. The maximum absolute atomic E-state index is 9.94. The van der Waals surface area contributed by atoms with E-state index in [2.05, 4.69) is 0 Å². The van der Waals surface area contributed by atoms with Crippen LogP contribution >= 0.6 is 0 Å². The third-order valence-corrected chi connectivity index (χ3v) is 4.01. The number of aliphatic hydroxyl groups excluding tert-OH is 3. The van der Waals surface area contributed by atoms with Crippen LogP contribution in [0.25, 0.3) is 0 Å². The molecule has 17 heavy (non-hydrogen) atoms. The number of hydrogen-bond donors (Lipinski definition) is 3. The molecule has 0 saturated heterocycles. The zero-order valence-electron chi connectivity index (χ0n) is 9.62. The van der Waals surface area contributed by atoms with Crippen LogP contribution in [0.5, 0.6) is 0 Å². The minimum atomic E-state index is -0.810. The van der Waals surface area contributed by atoms with Crippen molar-refractivity contribution in [3.63, 3.8) is 0 Å². The smallest absolute Gasteiger partial charge is 0.123 e. The third kappa shape index (κ3) is 1.43. The summed E-state index contributed by atoms with van der Waals surface area (Å²) in [6.45, 7) is 1.64. The van der Waals surface area contributed by atoms with Gasteiger partial charge in [-0.2, -0.15) is 0 Å². The van der Waals surface area contributed by atoms with E-state index in [1.165, 1.54) is 5.56 Å². The van der Waals surface area contributed by atoms with Gasteiger partial charge in [0.15, 0.2) is 0 Å². The van der Waals surface area contributed by atoms with Crippen LogP contribution < -0.4 is 0 Å². The van der Waals surface area contributed by atoms with Crippen molar-refractivity contribution in [1.29, 1.82) is 0 Å². The Morgan fingerprint density at radius 3 is 2.35 bits per heavy atom. The molecule has 1 fully saturated rings. The van der Waals surface area contributed by atoms with Crippen molar-refractivity contribution in [2.75, 3.05) is 0 Å². The molecule has 5 unspecified atom stereocenters. The highest BCUT2D eigenvalue weighted by Crippen LogP contribution is 2.65. The van der Waals surface area contributed by atoms with Crippen LogP contribution in [-0.4, -0.2) is 27.5 Å². The predicted octanol–water partition coefficient (Wildman–Crippen LogP) is 1.58. The maximum atomic E-state index is 9.94. The second-order valence-electron chi connectivity index (χ2n) is 5.00. The van der Waals surface area contributed by atoms with Crippen molar-refractivity contribution < 1.29 is 15.3 Å². The summed E-state index contributed by atoms with van der Waals surface area (Å²) < 4.78 is 0. The Morgan fingerprint density at radius 1 is 1.12 bits per heavy atom. The minimum Gasteiger partial charge on any atom is -0.509 e. The van der Waals surface area contributed by atoms with Gasteiger partial charge in [-0.15, -0.1) is 0 Å². The molecule has 3 N–H and O–H groups in total. The van der Waals surface area contributed by atoms with Crippen LogP contribution in [0, 0.1) is 11.8 Å². The van der Waals surface area contributed by atoms with Crippen LogP contribution in [0.2, 0.25) is 0 Å². The van der Waals surface area contributed by atoms with E-state index in [9.17, 15) is 15.3 Å². The Morgan fingerprint density at radius 2 is 1.76 bits per heavy atom. The lowest BCUT2D eigenvalue weighted by Crippen LogP contribution is -2.15. The molecule has 0 bridgehead atoms. The van der Waals surface area contributed by atoms with Gasteiger partial charge in [0.25, 0.3) is 0 Å².